The first-order valence-electron chi connectivity index (χ1n) is 6.96. The maximum absolute atomic E-state index is 6.38. The summed E-state index contributed by atoms with van der Waals surface area (Å²) in [7, 11) is 0. The molecule has 0 aromatic rings. The average molecular weight is 224 g/mol. The lowest BCUT2D eigenvalue weighted by Gasteiger charge is -2.39. The van der Waals surface area contributed by atoms with Gasteiger partial charge < -0.3 is 10.5 Å². The number of hydrogen-bond acceptors (Lipinski definition) is 3. The molecule has 92 valence electrons. The molecule has 0 spiro atoms. The van der Waals surface area contributed by atoms with Gasteiger partial charge in [0.1, 0.15) is 0 Å². The molecule has 1 saturated carbocycles. The van der Waals surface area contributed by atoms with Crippen LogP contribution in [-0.4, -0.2) is 42.8 Å². The second-order valence-electron chi connectivity index (χ2n) is 5.78. The van der Waals surface area contributed by atoms with Crippen LogP contribution in [0.5, 0.6) is 0 Å². The second-order valence-corrected chi connectivity index (χ2v) is 5.78. The van der Waals surface area contributed by atoms with Crippen molar-refractivity contribution in [3.8, 4) is 0 Å². The second kappa shape index (κ2) is 4.63. The van der Waals surface area contributed by atoms with Crippen LogP contribution in [0.1, 0.15) is 38.5 Å². The topological polar surface area (TPSA) is 38.5 Å². The number of hydrogen-bond donors (Lipinski definition) is 1. The lowest BCUT2D eigenvalue weighted by atomic mass is 9.93. The third-order valence-corrected chi connectivity index (χ3v) is 4.79. The predicted molar refractivity (Wildman–Crippen MR) is 64.3 cm³/mol. The van der Waals surface area contributed by atoms with Gasteiger partial charge in [0.05, 0.1) is 12.7 Å². The Morgan fingerprint density at radius 3 is 2.75 bits per heavy atom. The highest BCUT2D eigenvalue weighted by atomic mass is 16.5. The third kappa shape index (κ3) is 2.01. The largest absolute Gasteiger partial charge is 0.374 e. The molecule has 0 aromatic carbocycles. The zero-order valence-electron chi connectivity index (χ0n) is 10.1. The molecule has 3 atom stereocenters. The van der Waals surface area contributed by atoms with Crippen LogP contribution in [0.4, 0.5) is 0 Å². The number of rotatable bonds is 2. The molecule has 16 heavy (non-hydrogen) atoms. The van der Waals surface area contributed by atoms with Crippen LogP contribution in [0.3, 0.4) is 0 Å². The first kappa shape index (κ1) is 11.0. The molecule has 2 heterocycles. The maximum atomic E-state index is 6.38. The van der Waals surface area contributed by atoms with E-state index in [9.17, 15) is 0 Å². The number of nitrogens with zero attached hydrogens (tertiary/aromatic N) is 1. The van der Waals surface area contributed by atoms with Gasteiger partial charge in [-0.1, -0.05) is 12.8 Å². The monoisotopic (exact) mass is 224 g/mol. The summed E-state index contributed by atoms with van der Waals surface area (Å²) in [6.45, 7) is 3.27. The highest BCUT2D eigenvalue weighted by molar-refractivity contribution is 4.92. The normalized spacial score (nSPS) is 38.8. The molecule has 0 bridgehead atoms. The van der Waals surface area contributed by atoms with E-state index in [1.807, 2.05) is 0 Å². The summed E-state index contributed by atoms with van der Waals surface area (Å²) in [5.74, 6) is 0.726. The van der Waals surface area contributed by atoms with Crippen LogP contribution in [0.15, 0.2) is 0 Å². The average Bonchev–Trinajstić information content (AvgIpc) is 2.98. The van der Waals surface area contributed by atoms with Crippen molar-refractivity contribution in [2.24, 2.45) is 11.7 Å². The van der Waals surface area contributed by atoms with Crippen LogP contribution in [0.25, 0.3) is 0 Å². The molecule has 0 amide bonds. The number of ether oxygens (including phenoxy) is 1. The molecule has 3 aliphatic rings. The van der Waals surface area contributed by atoms with E-state index in [2.05, 4.69) is 4.90 Å². The van der Waals surface area contributed by atoms with Gasteiger partial charge in [0, 0.05) is 18.6 Å². The summed E-state index contributed by atoms with van der Waals surface area (Å²) in [5, 5.41) is 0. The van der Waals surface area contributed by atoms with Gasteiger partial charge in [0.2, 0.25) is 0 Å². The Hall–Kier alpha value is -0.120. The smallest absolute Gasteiger partial charge is 0.0856 e. The standard InChI is InChI=1S/C13H24N2O/c14-13(10-4-1-2-5-10)12-8-15-7-3-6-11(15)9-16-12/h10-13H,1-9,14H2. The van der Waals surface area contributed by atoms with Crippen molar-refractivity contribution in [1.29, 1.82) is 0 Å². The quantitative estimate of drug-likeness (QED) is 0.770. The minimum absolute atomic E-state index is 0.282. The SMILES string of the molecule is NC(C1CCCC1)C1CN2CCCC2CO1. The van der Waals surface area contributed by atoms with Gasteiger partial charge in [-0.3, -0.25) is 4.90 Å². The summed E-state index contributed by atoms with van der Waals surface area (Å²) in [5.41, 5.74) is 6.38. The van der Waals surface area contributed by atoms with E-state index >= 15 is 0 Å². The van der Waals surface area contributed by atoms with E-state index < -0.39 is 0 Å². The molecule has 3 unspecified atom stereocenters. The fourth-order valence-electron chi connectivity index (χ4n) is 3.72. The zero-order valence-corrected chi connectivity index (χ0v) is 10.1. The van der Waals surface area contributed by atoms with Gasteiger partial charge >= 0.3 is 0 Å². The fourth-order valence-corrected chi connectivity index (χ4v) is 3.72. The number of nitrogens with two attached hydrogens (primary N) is 1. The first-order chi connectivity index (χ1) is 7.84. The van der Waals surface area contributed by atoms with Crippen molar-refractivity contribution in [3.63, 3.8) is 0 Å². The van der Waals surface area contributed by atoms with Crippen molar-refractivity contribution in [1.82, 2.24) is 4.90 Å². The maximum Gasteiger partial charge on any atom is 0.0856 e. The van der Waals surface area contributed by atoms with E-state index in [1.54, 1.807) is 0 Å². The third-order valence-electron chi connectivity index (χ3n) is 4.79. The fraction of sp³-hybridized carbons (Fsp3) is 1.00. The molecule has 3 rings (SSSR count). The Bertz CT molecular complexity index is 240. The van der Waals surface area contributed by atoms with E-state index in [0.29, 0.717) is 12.1 Å². The molecular formula is C13H24N2O. The molecule has 3 heteroatoms. The van der Waals surface area contributed by atoms with Crippen LogP contribution in [0.2, 0.25) is 0 Å². The Kier molecular flexibility index (Phi) is 3.18. The first-order valence-corrected chi connectivity index (χ1v) is 6.96. The predicted octanol–water partition coefficient (Wildman–Crippen LogP) is 1.37. The number of morpholine rings is 1. The molecule has 2 N–H and O–H groups in total. The highest BCUT2D eigenvalue weighted by Crippen LogP contribution is 2.31. The van der Waals surface area contributed by atoms with Gasteiger partial charge in [-0.15, -0.1) is 0 Å². The van der Waals surface area contributed by atoms with Gasteiger partial charge in [-0.25, -0.2) is 0 Å². The number of fused-ring (bicyclic) bond motifs is 1. The lowest BCUT2D eigenvalue weighted by molar-refractivity contribution is -0.0666. The van der Waals surface area contributed by atoms with Crippen LogP contribution < -0.4 is 5.73 Å². The van der Waals surface area contributed by atoms with Crippen LogP contribution in [0, 0.1) is 5.92 Å². The molecule has 1 aliphatic carbocycles. The Balaban J connectivity index is 1.58. The van der Waals surface area contributed by atoms with Crippen molar-refractivity contribution in [3.05, 3.63) is 0 Å². The van der Waals surface area contributed by atoms with E-state index in [0.717, 1.165) is 19.1 Å². The van der Waals surface area contributed by atoms with Gasteiger partial charge in [0.15, 0.2) is 0 Å². The van der Waals surface area contributed by atoms with E-state index in [4.69, 9.17) is 10.5 Å². The zero-order chi connectivity index (χ0) is 11.0. The Labute approximate surface area is 98.3 Å². The molecule has 2 aliphatic heterocycles. The van der Waals surface area contributed by atoms with Gasteiger partial charge in [0.25, 0.3) is 0 Å². The van der Waals surface area contributed by atoms with Crippen molar-refractivity contribution < 1.29 is 4.74 Å². The Morgan fingerprint density at radius 2 is 1.94 bits per heavy atom. The summed E-state index contributed by atoms with van der Waals surface area (Å²) >= 11 is 0. The highest BCUT2D eigenvalue weighted by Gasteiger charge is 2.37. The summed E-state index contributed by atoms with van der Waals surface area (Å²) in [6, 6.07) is 0.982. The molecular weight excluding hydrogens is 200 g/mol. The molecule has 0 aromatic heterocycles. The molecule has 3 nitrogen and oxygen atoms in total. The van der Waals surface area contributed by atoms with Gasteiger partial charge in [-0.05, 0) is 38.1 Å². The van der Waals surface area contributed by atoms with E-state index in [-0.39, 0.29) is 6.04 Å². The Morgan fingerprint density at radius 1 is 1.12 bits per heavy atom. The molecule has 0 radical (unpaired) electrons. The summed E-state index contributed by atoms with van der Waals surface area (Å²) < 4.78 is 6.00. The van der Waals surface area contributed by atoms with Crippen molar-refractivity contribution >= 4 is 0 Å². The van der Waals surface area contributed by atoms with Gasteiger partial charge in [-0.2, -0.15) is 0 Å². The lowest BCUT2D eigenvalue weighted by Crippen LogP contribution is -2.54. The summed E-state index contributed by atoms with van der Waals surface area (Å²) in [4.78, 5) is 2.60. The van der Waals surface area contributed by atoms with Crippen molar-refractivity contribution in [2.45, 2.75) is 56.7 Å². The van der Waals surface area contributed by atoms with Crippen LogP contribution >= 0.6 is 0 Å². The molecule has 3 fully saturated rings. The van der Waals surface area contributed by atoms with Crippen LogP contribution in [-0.2, 0) is 4.74 Å². The summed E-state index contributed by atoms with van der Waals surface area (Å²) in [6.07, 6.45) is 8.37. The minimum Gasteiger partial charge on any atom is -0.374 e. The minimum atomic E-state index is 0.282. The molecule has 2 saturated heterocycles. The van der Waals surface area contributed by atoms with E-state index in [1.165, 1.54) is 45.1 Å². The van der Waals surface area contributed by atoms with Crippen molar-refractivity contribution in [2.75, 3.05) is 19.7 Å².